The normalized spacial score (nSPS) is 10.1. The summed E-state index contributed by atoms with van der Waals surface area (Å²) < 4.78 is 21.9. The van der Waals surface area contributed by atoms with Crippen molar-refractivity contribution in [3.05, 3.63) is 45.5 Å². The zero-order chi connectivity index (χ0) is 18.2. The van der Waals surface area contributed by atoms with E-state index in [2.05, 4.69) is 27.9 Å². The second-order valence-corrected chi connectivity index (χ2v) is 6.13. The molecule has 2 aromatic carbocycles. The molecule has 0 atom stereocenters. The predicted octanol–water partition coefficient (Wildman–Crippen LogP) is 3.13. The Morgan fingerprint density at radius 3 is 2.16 bits per heavy atom. The van der Waals surface area contributed by atoms with Crippen molar-refractivity contribution in [2.24, 2.45) is 0 Å². The maximum atomic E-state index is 12.3. The number of rotatable bonds is 8. The van der Waals surface area contributed by atoms with Gasteiger partial charge in [-0.05, 0) is 59.0 Å². The van der Waals surface area contributed by atoms with Crippen LogP contribution < -0.4 is 24.3 Å². The molecule has 6 nitrogen and oxygen atoms in total. The first-order valence-electron chi connectivity index (χ1n) is 7.55. The Morgan fingerprint density at radius 1 is 0.960 bits per heavy atom. The average molecular weight is 457 g/mol. The Bertz CT molecular complexity index is 718. The van der Waals surface area contributed by atoms with Crippen LogP contribution in [0.3, 0.4) is 0 Å². The Kier molecular flexibility index (Phi) is 7.17. The lowest BCUT2D eigenvalue weighted by atomic mass is 10.2. The van der Waals surface area contributed by atoms with Crippen molar-refractivity contribution in [1.29, 1.82) is 0 Å². The molecule has 2 rings (SSSR count). The number of methoxy groups -OCH3 is 3. The van der Waals surface area contributed by atoms with Gasteiger partial charge in [0.25, 0.3) is 5.91 Å². The molecular weight excluding hydrogens is 437 g/mol. The van der Waals surface area contributed by atoms with Gasteiger partial charge in [0.15, 0.2) is 11.5 Å². The lowest BCUT2D eigenvalue weighted by Gasteiger charge is -2.12. The summed E-state index contributed by atoms with van der Waals surface area (Å²) in [5.74, 6) is 2.40. The van der Waals surface area contributed by atoms with Gasteiger partial charge in [-0.2, -0.15) is 0 Å². The van der Waals surface area contributed by atoms with Gasteiger partial charge in [-0.3, -0.25) is 4.79 Å². The van der Waals surface area contributed by atoms with E-state index >= 15 is 0 Å². The van der Waals surface area contributed by atoms with Gasteiger partial charge >= 0.3 is 0 Å². The fourth-order valence-electron chi connectivity index (χ4n) is 2.13. The highest BCUT2D eigenvalue weighted by Crippen LogP contribution is 2.31. The summed E-state index contributed by atoms with van der Waals surface area (Å²) in [6, 6.07) is 10.7. The molecule has 25 heavy (non-hydrogen) atoms. The third kappa shape index (κ3) is 5.15. The van der Waals surface area contributed by atoms with Gasteiger partial charge < -0.3 is 24.3 Å². The van der Waals surface area contributed by atoms with Crippen LogP contribution in [-0.2, 0) is 0 Å². The van der Waals surface area contributed by atoms with E-state index in [0.29, 0.717) is 30.2 Å². The van der Waals surface area contributed by atoms with Crippen molar-refractivity contribution in [2.75, 3.05) is 34.5 Å². The van der Waals surface area contributed by atoms with Gasteiger partial charge in [-0.1, -0.05) is 0 Å². The predicted molar refractivity (Wildman–Crippen MR) is 103 cm³/mol. The molecule has 0 spiro atoms. The second kappa shape index (κ2) is 9.36. The summed E-state index contributed by atoms with van der Waals surface area (Å²) in [5, 5.41) is 2.83. The molecule has 0 aromatic heterocycles. The largest absolute Gasteiger partial charge is 0.497 e. The van der Waals surface area contributed by atoms with Crippen molar-refractivity contribution < 1.29 is 23.7 Å². The molecule has 2 aromatic rings. The molecule has 1 amide bonds. The minimum Gasteiger partial charge on any atom is -0.497 e. The third-order valence-corrected chi connectivity index (χ3v) is 4.33. The van der Waals surface area contributed by atoms with Crippen molar-refractivity contribution in [3.8, 4) is 23.0 Å². The highest BCUT2D eigenvalue weighted by molar-refractivity contribution is 14.1. The SMILES string of the molecule is COc1ccc(OCCNC(=O)c2cc(OC)c(OC)cc2I)cc1. The van der Waals surface area contributed by atoms with Gasteiger partial charge in [-0.15, -0.1) is 0 Å². The van der Waals surface area contributed by atoms with Gasteiger partial charge in [0.1, 0.15) is 18.1 Å². The zero-order valence-electron chi connectivity index (χ0n) is 14.3. The average Bonchev–Trinajstić information content (AvgIpc) is 2.65. The van der Waals surface area contributed by atoms with Crippen molar-refractivity contribution in [1.82, 2.24) is 5.32 Å². The van der Waals surface area contributed by atoms with Gasteiger partial charge in [-0.25, -0.2) is 0 Å². The summed E-state index contributed by atoms with van der Waals surface area (Å²) in [6.45, 7) is 0.747. The molecular formula is C18H20INO5. The maximum Gasteiger partial charge on any atom is 0.252 e. The van der Waals surface area contributed by atoms with E-state index < -0.39 is 0 Å². The van der Waals surface area contributed by atoms with Crippen LogP contribution in [0.2, 0.25) is 0 Å². The van der Waals surface area contributed by atoms with Gasteiger partial charge in [0.05, 0.1) is 33.4 Å². The lowest BCUT2D eigenvalue weighted by Crippen LogP contribution is -2.28. The molecule has 0 radical (unpaired) electrons. The Morgan fingerprint density at radius 2 is 1.56 bits per heavy atom. The fraction of sp³-hybridized carbons (Fsp3) is 0.278. The number of nitrogens with one attached hydrogen (secondary N) is 1. The summed E-state index contributed by atoms with van der Waals surface area (Å²) in [5.41, 5.74) is 0.530. The van der Waals surface area contributed by atoms with Gasteiger partial charge in [0.2, 0.25) is 0 Å². The summed E-state index contributed by atoms with van der Waals surface area (Å²) in [6.07, 6.45) is 0. The van der Waals surface area contributed by atoms with E-state index in [0.717, 1.165) is 15.1 Å². The molecule has 1 N–H and O–H groups in total. The first-order chi connectivity index (χ1) is 12.1. The number of halogens is 1. The number of amides is 1. The Hall–Kier alpha value is -2.16. The monoisotopic (exact) mass is 457 g/mol. The van der Waals surface area contributed by atoms with E-state index in [4.69, 9.17) is 18.9 Å². The van der Waals surface area contributed by atoms with E-state index in [-0.39, 0.29) is 5.91 Å². The highest BCUT2D eigenvalue weighted by atomic mass is 127. The number of hydrogen-bond donors (Lipinski definition) is 1. The van der Waals surface area contributed by atoms with Crippen LogP contribution >= 0.6 is 22.6 Å². The number of benzene rings is 2. The first kappa shape index (κ1) is 19.2. The van der Waals surface area contributed by atoms with Crippen molar-refractivity contribution in [2.45, 2.75) is 0 Å². The standard InChI is InChI=1S/C18H20INO5/c1-22-12-4-6-13(7-5-12)25-9-8-20-18(21)14-10-16(23-2)17(24-3)11-15(14)19/h4-7,10-11H,8-9H2,1-3H3,(H,20,21). The van der Waals surface area contributed by atoms with E-state index in [1.54, 1.807) is 26.4 Å². The minimum atomic E-state index is -0.191. The molecule has 0 bridgehead atoms. The fourth-order valence-corrected chi connectivity index (χ4v) is 2.81. The highest BCUT2D eigenvalue weighted by Gasteiger charge is 2.15. The summed E-state index contributed by atoms with van der Waals surface area (Å²) >= 11 is 2.10. The Balaban J connectivity index is 1.89. The third-order valence-electron chi connectivity index (χ3n) is 3.43. The topological polar surface area (TPSA) is 66.0 Å². The van der Waals surface area contributed by atoms with Gasteiger partial charge in [0, 0.05) is 3.57 Å². The smallest absolute Gasteiger partial charge is 0.252 e. The van der Waals surface area contributed by atoms with Crippen molar-refractivity contribution >= 4 is 28.5 Å². The zero-order valence-corrected chi connectivity index (χ0v) is 16.5. The minimum absolute atomic E-state index is 0.191. The van der Waals surface area contributed by atoms with Crippen molar-refractivity contribution in [3.63, 3.8) is 0 Å². The van der Waals surface area contributed by atoms with Crippen LogP contribution in [0.5, 0.6) is 23.0 Å². The van der Waals surface area contributed by atoms with Crippen LogP contribution in [-0.4, -0.2) is 40.4 Å². The molecule has 0 saturated carbocycles. The molecule has 0 heterocycles. The maximum absolute atomic E-state index is 12.3. The van der Waals surface area contributed by atoms with Crippen LogP contribution in [0.15, 0.2) is 36.4 Å². The first-order valence-corrected chi connectivity index (χ1v) is 8.63. The van der Waals surface area contributed by atoms with E-state index in [1.165, 1.54) is 7.11 Å². The molecule has 7 heteroatoms. The molecule has 0 saturated heterocycles. The van der Waals surface area contributed by atoms with E-state index in [9.17, 15) is 4.79 Å². The molecule has 0 fully saturated rings. The summed E-state index contributed by atoms with van der Waals surface area (Å²) in [4.78, 5) is 12.3. The summed E-state index contributed by atoms with van der Waals surface area (Å²) in [7, 11) is 4.71. The number of carbonyl (C=O) groups is 1. The molecule has 0 aliphatic carbocycles. The molecule has 0 unspecified atom stereocenters. The Labute approximate surface area is 160 Å². The molecule has 0 aliphatic rings. The van der Waals surface area contributed by atoms with Crippen LogP contribution in [0.1, 0.15) is 10.4 Å². The van der Waals surface area contributed by atoms with E-state index in [1.807, 2.05) is 24.3 Å². The molecule has 134 valence electrons. The van der Waals surface area contributed by atoms with Crippen LogP contribution in [0.4, 0.5) is 0 Å². The number of carbonyl (C=O) groups excluding carboxylic acids is 1. The number of ether oxygens (including phenoxy) is 4. The molecule has 0 aliphatic heterocycles. The second-order valence-electron chi connectivity index (χ2n) is 4.97. The quantitative estimate of drug-likeness (QED) is 0.488. The van der Waals surface area contributed by atoms with Crippen LogP contribution in [0.25, 0.3) is 0 Å². The number of hydrogen-bond acceptors (Lipinski definition) is 5. The van der Waals surface area contributed by atoms with Crippen LogP contribution in [0, 0.1) is 3.57 Å². The lowest BCUT2D eigenvalue weighted by molar-refractivity contribution is 0.0945.